The Kier molecular flexibility index (Phi) is 5.86. The van der Waals surface area contributed by atoms with Crippen LogP contribution in [0.5, 0.6) is 0 Å². The van der Waals surface area contributed by atoms with Crippen molar-refractivity contribution in [3.05, 3.63) is 68.3 Å². The summed E-state index contributed by atoms with van der Waals surface area (Å²) >= 11 is 0. The van der Waals surface area contributed by atoms with E-state index in [1.54, 1.807) is 18.2 Å². The molecule has 4 rings (SSSR count). The second-order valence-corrected chi connectivity index (χ2v) is 8.07. The number of hydrogen-bond donors (Lipinski definition) is 2. The van der Waals surface area contributed by atoms with E-state index in [0.29, 0.717) is 30.0 Å². The molecule has 11 nitrogen and oxygen atoms in total. The molecule has 1 aromatic carbocycles. The van der Waals surface area contributed by atoms with E-state index in [4.69, 9.17) is 0 Å². The van der Waals surface area contributed by atoms with Crippen LogP contribution in [0.1, 0.15) is 54.7 Å². The predicted octanol–water partition coefficient (Wildman–Crippen LogP) is 2.15. The van der Waals surface area contributed by atoms with Crippen LogP contribution in [-0.4, -0.2) is 40.6 Å². The molecule has 3 heterocycles. The normalized spacial score (nSPS) is 11.3. The quantitative estimate of drug-likeness (QED) is 0.460. The molecule has 170 valence electrons. The first kappa shape index (κ1) is 22.1. The fraction of sp³-hybridized carbons (Fsp3) is 0.318. The number of rotatable bonds is 6. The summed E-state index contributed by atoms with van der Waals surface area (Å²) in [5.74, 6) is -0.501. The molecule has 2 N–H and O–H groups in total. The SMILES string of the molecule is CCCn1c(=O)[nH]c(=O)c2c(C(=O)Nc3ccc(C)c(-n4cnnn4)c3)cc(C(C)C)nc21. The second kappa shape index (κ2) is 8.77. The number of carbonyl (C=O) groups is 1. The molecule has 4 aromatic rings. The maximum atomic E-state index is 13.4. The van der Waals surface area contributed by atoms with Crippen molar-refractivity contribution < 1.29 is 4.79 Å². The Bertz CT molecular complexity index is 1450. The van der Waals surface area contributed by atoms with Crippen molar-refractivity contribution in [3.8, 4) is 5.69 Å². The summed E-state index contributed by atoms with van der Waals surface area (Å²) in [6.07, 6.45) is 2.13. The summed E-state index contributed by atoms with van der Waals surface area (Å²) in [6.45, 7) is 8.06. The van der Waals surface area contributed by atoms with Gasteiger partial charge in [-0.05, 0) is 53.5 Å². The molecule has 11 heteroatoms. The molecule has 33 heavy (non-hydrogen) atoms. The van der Waals surface area contributed by atoms with E-state index in [0.717, 1.165) is 5.56 Å². The van der Waals surface area contributed by atoms with E-state index in [2.05, 4.69) is 30.8 Å². The van der Waals surface area contributed by atoms with Gasteiger partial charge in [0.1, 0.15) is 6.33 Å². The summed E-state index contributed by atoms with van der Waals surface area (Å²) in [4.78, 5) is 45.4. The third kappa shape index (κ3) is 4.16. The Hall–Kier alpha value is -4.15. The van der Waals surface area contributed by atoms with Gasteiger partial charge < -0.3 is 5.32 Å². The number of nitrogens with one attached hydrogen (secondary N) is 2. The Morgan fingerprint density at radius 2 is 2.00 bits per heavy atom. The van der Waals surface area contributed by atoms with Gasteiger partial charge in [-0.2, -0.15) is 0 Å². The van der Waals surface area contributed by atoms with Gasteiger partial charge in [0.2, 0.25) is 0 Å². The summed E-state index contributed by atoms with van der Waals surface area (Å²) in [6, 6.07) is 6.94. The van der Waals surface area contributed by atoms with Gasteiger partial charge >= 0.3 is 5.69 Å². The molecular weight excluding hydrogens is 424 g/mol. The van der Waals surface area contributed by atoms with Gasteiger partial charge in [0.15, 0.2) is 5.65 Å². The second-order valence-electron chi connectivity index (χ2n) is 8.07. The molecule has 0 aliphatic rings. The molecule has 0 saturated heterocycles. The highest BCUT2D eigenvalue weighted by molar-refractivity contribution is 6.12. The highest BCUT2D eigenvalue weighted by atomic mass is 16.2. The maximum Gasteiger partial charge on any atom is 0.329 e. The van der Waals surface area contributed by atoms with Gasteiger partial charge in [-0.1, -0.05) is 26.8 Å². The number of anilines is 1. The largest absolute Gasteiger partial charge is 0.329 e. The van der Waals surface area contributed by atoms with Crippen LogP contribution >= 0.6 is 0 Å². The monoisotopic (exact) mass is 448 g/mol. The highest BCUT2D eigenvalue weighted by Crippen LogP contribution is 2.23. The van der Waals surface area contributed by atoms with Gasteiger partial charge in [0, 0.05) is 17.9 Å². The molecule has 0 unspecified atom stereocenters. The van der Waals surface area contributed by atoms with Crippen molar-refractivity contribution in [1.29, 1.82) is 0 Å². The number of fused-ring (bicyclic) bond motifs is 1. The zero-order valence-electron chi connectivity index (χ0n) is 18.8. The van der Waals surface area contributed by atoms with Crippen molar-refractivity contribution in [3.63, 3.8) is 0 Å². The summed E-state index contributed by atoms with van der Waals surface area (Å²) < 4.78 is 2.90. The lowest BCUT2D eigenvalue weighted by Crippen LogP contribution is -2.32. The van der Waals surface area contributed by atoms with Crippen LogP contribution < -0.4 is 16.6 Å². The van der Waals surface area contributed by atoms with E-state index >= 15 is 0 Å². The zero-order chi connectivity index (χ0) is 23.7. The third-order valence-electron chi connectivity index (χ3n) is 5.31. The van der Waals surface area contributed by atoms with Crippen molar-refractivity contribution in [2.45, 2.75) is 46.6 Å². The van der Waals surface area contributed by atoms with Crippen molar-refractivity contribution >= 4 is 22.6 Å². The Morgan fingerprint density at radius 1 is 1.21 bits per heavy atom. The lowest BCUT2D eigenvalue weighted by molar-refractivity contribution is 0.102. The van der Waals surface area contributed by atoms with Gasteiger partial charge in [0.05, 0.1) is 16.6 Å². The Balaban J connectivity index is 1.85. The van der Waals surface area contributed by atoms with Crippen molar-refractivity contribution in [1.82, 2.24) is 34.7 Å². The molecule has 0 fully saturated rings. The summed E-state index contributed by atoms with van der Waals surface area (Å²) in [7, 11) is 0. The number of pyridine rings is 1. The minimum absolute atomic E-state index is 0.0174. The van der Waals surface area contributed by atoms with E-state index in [-0.39, 0.29) is 22.5 Å². The van der Waals surface area contributed by atoms with Crippen LogP contribution in [-0.2, 0) is 6.54 Å². The first-order chi connectivity index (χ1) is 15.8. The molecule has 0 atom stereocenters. The number of hydrogen-bond acceptors (Lipinski definition) is 7. The minimum atomic E-state index is -0.645. The number of amides is 1. The van der Waals surface area contributed by atoms with Crippen LogP contribution in [0.2, 0.25) is 0 Å². The number of tetrazole rings is 1. The number of carbonyl (C=O) groups excluding carboxylic acids is 1. The first-order valence-electron chi connectivity index (χ1n) is 10.6. The number of aromatic nitrogens is 7. The smallest absolute Gasteiger partial charge is 0.322 e. The minimum Gasteiger partial charge on any atom is -0.322 e. The molecule has 0 spiro atoms. The average molecular weight is 448 g/mol. The van der Waals surface area contributed by atoms with Gasteiger partial charge in [-0.15, -0.1) is 5.10 Å². The van der Waals surface area contributed by atoms with E-state index < -0.39 is 17.2 Å². The summed E-state index contributed by atoms with van der Waals surface area (Å²) in [5, 5.41) is 14.1. The Morgan fingerprint density at radius 3 is 2.67 bits per heavy atom. The molecule has 0 aliphatic carbocycles. The first-order valence-corrected chi connectivity index (χ1v) is 10.6. The highest BCUT2D eigenvalue weighted by Gasteiger charge is 2.21. The molecule has 0 aliphatic heterocycles. The van der Waals surface area contributed by atoms with Crippen LogP contribution in [0.15, 0.2) is 40.2 Å². The summed E-state index contributed by atoms with van der Waals surface area (Å²) in [5.41, 5.74) is 1.91. The number of aryl methyl sites for hydroxylation is 2. The van der Waals surface area contributed by atoms with Crippen molar-refractivity contribution in [2.24, 2.45) is 0 Å². The van der Waals surface area contributed by atoms with Gasteiger partial charge in [0.25, 0.3) is 11.5 Å². The Labute approximate surface area is 188 Å². The molecule has 0 bridgehead atoms. The fourth-order valence-electron chi connectivity index (χ4n) is 3.60. The zero-order valence-corrected chi connectivity index (χ0v) is 18.8. The van der Waals surface area contributed by atoms with Crippen LogP contribution in [0.4, 0.5) is 5.69 Å². The molecule has 0 saturated carbocycles. The number of benzene rings is 1. The number of nitrogens with zero attached hydrogens (tertiary/aromatic N) is 6. The van der Waals surface area contributed by atoms with Crippen molar-refractivity contribution in [2.75, 3.05) is 5.32 Å². The fourth-order valence-corrected chi connectivity index (χ4v) is 3.60. The predicted molar refractivity (Wildman–Crippen MR) is 123 cm³/mol. The van der Waals surface area contributed by atoms with Crippen LogP contribution in [0, 0.1) is 6.92 Å². The standard InChI is InChI=1S/C22H24N8O3/c1-5-8-29-19-18(21(32)26-22(29)33)15(10-16(25-19)12(2)3)20(31)24-14-7-6-13(4)17(9-14)30-11-23-27-28-30/h6-7,9-12H,5,8H2,1-4H3,(H,24,31)(H,26,32,33). The lowest BCUT2D eigenvalue weighted by Gasteiger charge is -2.15. The van der Waals surface area contributed by atoms with E-state index in [1.165, 1.54) is 15.6 Å². The van der Waals surface area contributed by atoms with Crippen LogP contribution in [0.25, 0.3) is 16.7 Å². The van der Waals surface area contributed by atoms with E-state index in [1.807, 2.05) is 33.8 Å². The average Bonchev–Trinajstić information content (AvgIpc) is 3.31. The van der Waals surface area contributed by atoms with Gasteiger partial charge in [-0.25, -0.2) is 14.5 Å². The topological polar surface area (TPSA) is 140 Å². The number of H-pyrrole nitrogens is 1. The van der Waals surface area contributed by atoms with Gasteiger partial charge in [-0.3, -0.25) is 19.1 Å². The molecule has 1 amide bonds. The molecule has 3 aromatic heterocycles. The molecule has 0 radical (unpaired) electrons. The van der Waals surface area contributed by atoms with Crippen LogP contribution in [0.3, 0.4) is 0 Å². The molecular formula is C22H24N8O3. The lowest BCUT2D eigenvalue weighted by atomic mass is 10.0. The van der Waals surface area contributed by atoms with E-state index in [9.17, 15) is 14.4 Å². The third-order valence-corrected chi connectivity index (χ3v) is 5.31. The maximum absolute atomic E-state index is 13.4. The number of aromatic amines is 1.